The number of carbonyl (C=O) groups is 1. The van der Waals surface area contributed by atoms with Crippen LogP contribution in [0, 0.1) is 5.92 Å². The SMILES string of the molecule is C[C@H](NC(=O)[C@H]1CCCC[C@@H]1c1ccc(COCc2ccccn2)cc1)c1ccccc1. The second-order valence-corrected chi connectivity index (χ2v) is 8.69. The minimum absolute atomic E-state index is 0.0184. The molecule has 1 amide bonds. The van der Waals surface area contributed by atoms with Crippen LogP contribution in [0.2, 0.25) is 0 Å². The number of ether oxygens (including phenoxy) is 1. The zero-order valence-electron chi connectivity index (χ0n) is 18.7. The molecular formula is C28H32N2O2. The van der Waals surface area contributed by atoms with Gasteiger partial charge in [0.05, 0.1) is 24.9 Å². The molecule has 32 heavy (non-hydrogen) atoms. The number of hydrogen-bond acceptors (Lipinski definition) is 3. The average molecular weight is 429 g/mol. The Morgan fingerprint density at radius 2 is 1.72 bits per heavy atom. The Hall–Kier alpha value is -2.98. The first-order valence-corrected chi connectivity index (χ1v) is 11.6. The maximum absolute atomic E-state index is 13.2. The lowest BCUT2D eigenvalue weighted by atomic mass is 9.75. The molecule has 1 saturated carbocycles. The molecule has 1 N–H and O–H groups in total. The van der Waals surface area contributed by atoms with Crippen LogP contribution in [0.25, 0.3) is 0 Å². The fourth-order valence-corrected chi connectivity index (χ4v) is 4.61. The van der Waals surface area contributed by atoms with E-state index < -0.39 is 0 Å². The molecule has 0 spiro atoms. The summed E-state index contributed by atoms with van der Waals surface area (Å²) in [4.78, 5) is 17.5. The largest absolute Gasteiger partial charge is 0.370 e. The van der Waals surface area contributed by atoms with Crippen molar-refractivity contribution in [1.82, 2.24) is 10.3 Å². The first kappa shape index (κ1) is 22.2. The minimum atomic E-state index is 0.0184. The third kappa shape index (κ3) is 5.83. The van der Waals surface area contributed by atoms with Gasteiger partial charge in [-0.1, -0.05) is 73.5 Å². The fraction of sp³-hybridized carbons (Fsp3) is 0.357. The van der Waals surface area contributed by atoms with Crippen LogP contribution < -0.4 is 5.32 Å². The highest BCUT2D eigenvalue weighted by atomic mass is 16.5. The molecule has 4 nitrogen and oxygen atoms in total. The molecular weight excluding hydrogens is 396 g/mol. The number of nitrogens with zero attached hydrogens (tertiary/aromatic N) is 1. The van der Waals surface area contributed by atoms with Gasteiger partial charge in [0, 0.05) is 12.1 Å². The molecule has 1 aromatic heterocycles. The van der Waals surface area contributed by atoms with Crippen LogP contribution in [0.15, 0.2) is 79.0 Å². The van der Waals surface area contributed by atoms with Gasteiger partial charge in [-0.05, 0) is 54.5 Å². The summed E-state index contributed by atoms with van der Waals surface area (Å²) in [5.74, 6) is 0.477. The standard InChI is InChI=1S/C28H32N2O2/c1-21(23-9-3-2-4-10-23)30-28(31)27-13-6-5-12-26(27)24-16-14-22(15-17-24)19-32-20-25-11-7-8-18-29-25/h2-4,7-11,14-18,21,26-27H,5-6,12-13,19-20H2,1H3,(H,30,31)/t21-,26+,27-/m0/s1. The summed E-state index contributed by atoms with van der Waals surface area (Å²) in [6.07, 6.45) is 6.09. The molecule has 1 aliphatic carbocycles. The van der Waals surface area contributed by atoms with Crippen LogP contribution >= 0.6 is 0 Å². The zero-order valence-corrected chi connectivity index (χ0v) is 18.7. The van der Waals surface area contributed by atoms with Crippen molar-refractivity contribution in [3.8, 4) is 0 Å². The van der Waals surface area contributed by atoms with Crippen molar-refractivity contribution in [2.75, 3.05) is 0 Å². The van der Waals surface area contributed by atoms with Crippen molar-refractivity contribution in [3.05, 3.63) is 101 Å². The van der Waals surface area contributed by atoms with Crippen molar-refractivity contribution in [2.24, 2.45) is 5.92 Å². The summed E-state index contributed by atoms with van der Waals surface area (Å²) in [5, 5.41) is 3.26. The Labute approximate surface area is 191 Å². The van der Waals surface area contributed by atoms with Gasteiger partial charge in [0.1, 0.15) is 0 Å². The van der Waals surface area contributed by atoms with Gasteiger partial charge in [-0.15, -0.1) is 0 Å². The zero-order chi connectivity index (χ0) is 22.2. The second-order valence-electron chi connectivity index (χ2n) is 8.69. The van der Waals surface area contributed by atoms with E-state index in [-0.39, 0.29) is 23.8 Å². The summed E-state index contributed by atoms with van der Waals surface area (Å²) in [6.45, 7) is 3.12. The Morgan fingerprint density at radius 1 is 0.969 bits per heavy atom. The average Bonchev–Trinajstić information content (AvgIpc) is 2.85. The van der Waals surface area contributed by atoms with E-state index in [1.165, 1.54) is 12.0 Å². The van der Waals surface area contributed by atoms with Gasteiger partial charge in [-0.2, -0.15) is 0 Å². The monoisotopic (exact) mass is 428 g/mol. The van der Waals surface area contributed by atoms with Crippen molar-refractivity contribution in [1.29, 1.82) is 0 Å². The quantitative estimate of drug-likeness (QED) is 0.482. The van der Waals surface area contributed by atoms with Crippen LogP contribution in [0.5, 0.6) is 0 Å². The molecule has 166 valence electrons. The van der Waals surface area contributed by atoms with Gasteiger partial charge in [-0.25, -0.2) is 0 Å². The minimum Gasteiger partial charge on any atom is -0.370 e. The molecule has 3 aromatic rings. The van der Waals surface area contributed by atoms with Gasteiger partial charge >= 0.3 is 0 Å². The van der Waals surface area contributed by atoms with Gasteiger partial charge in [0.2, 0.25) is 5.91 Å². The maximum atomic E-state index is 13.2. The first-order valence-electron chi connectivity index (χ1n) is 11.6. The Kier molecular flexibility index (Phi) is 7.68. The van der Waals surface area contributed by atoms with Crippen LogP contribution in [-0.4, -0.2) is 10.9 Å². The lowest BCUT2D eigenvalue weighted by Crippen LogP contribution is -2.37. The third-order valence-electron chi connectivity index (χ3n) is 6.41. The van der Waals surface area contributed by atoms with Gasteiger partial charge < -0.3 is 10.1 Å². The molecule has 1 heterocycles. The predicted molar refractivity (Wildman–Crippen MR) is 127 cm³/mol. The van der Waals surface area contributed by atoms with E-state index in [0.717, 1.165) is 36.1 Å². The molecule has 1 aliphatic rings. The summed E-state index contributed by atoms with van der Waals surface area (Å²) in [6, 6.07) is 24.6. The van der Waals surface area contributed by atoms with E-state index in [1.54, 1.807) is 6.20 Å². The smallest absolute Gasteiger partial charge is 0.224 e. The molecule has 3 atom stereocenters. The van der Waals surface area contributed by atoms with Crippen molar-refractivity contribution >= 4 is 5.91 Å². The third-order valence-corrected chi connectivity index (χ3v) is 6.41. The van der Waals surface area contributed by atoms with E-state index in [2.05, 4.69) is 53.6 Å². The highest BCUT2D eigenvalue weighted by Crippen LogP contribution is 2.38. The maximum Gasteiger partial charge on any atom is 0.224 e. The van der Waals surface area contributed by atoms with Crippen molar-refractivity contribution in [3.63, 3.8) is 0 Å². The normalized spacial score (nSPS) is 19.3. The molecule has 0 radical (unpaired) electrons. The van der Waals surface area contributed by atoms with Crippen LogP contribution in [-0.2, 0) is 22.7 Å². The molecule has 0 saturated heterocycles. The highest BCUT2D eigenvalue weighted by Gasteiger charge is 2.32. The van der Waals surface area contributed by atoms with E-state index in [4.69, 9.17) is 4.74 Å². The van der Waals surface area contributed by atoms with E-state index in [9.17, 15) is 4.79 Å². The Balaban J connectivity index is 1.36. The lowest BCUT2D eigenvalue weighted by molar-refractivity contribution is -0.127. The number of benzene rings is 2. The van der Waals surface area contributed by atoms with Gasteiger partial charge in [-0.3, -0.25) is 9.78 Å². The highest BCUT2D eigenvalue weighted by molar-refractivity contribution is 5.80. The summed E-state index contributed by atoms with van der Waals surface area (Å²) in [7, 11) is 0. The Morgan fingerprint density at radius 3 is 2.47 bits per heavy atom. The van der Waals surface area contributed by atoms with E-state index in [0.29, 0.717) is 13.2 Å². The molecule has 4 rings (SSSR count). The lowest BCUT2D eigenvalue weighted by Gasteiger charge is -2.32. The topological polar surface area (TPSA) is 51.2 Å². The van der Waals surface area contributed by atoms with Crippen molar-refractivity contribution in [2.45, 2.75) is 57.8 Å². The molecule has 0 aliphatic heterocycles. The van der Waals surface area contributed by atoms with Crippen LogP contribution in [0.3, 0.4) is 0 Å². The van der Waals surface area contributed by atoms with E-state index >= 15 is 0 Å². The number of hydrogen-bond donors (Lipinski definition) is 1. The molecule has 0 bridgehead atoms. The molecule has 4 heteroatoms. The number of aromatic nitrogens is 1. The number of amides is 1. The Bertz CT molecular complexity index is 973. The summed E-state index contributed by atoms with van der Waals surface area (Å²) < 4.78 is 5.81. The van der Waals surface area contributed by atoms with Crippen LogP contribution in [0.1, 0.15) is 67.0 Å². The number of nitrogens with one attached hydrogen (secondary N) is 1. The molecule has 2 aromatic carbocycles. The molecule has 0 unspecified atom stereocenters. The van der Waals surface area contributed by atoms with Gasteiger partial charge in [0.25, 0.3) is 0 Å². The number of rotatable bonds is 8. The van der Waals surface area contributed by atoms with E-state index in [1.807, 2.05) is 36.4 Å². The summed E-state index contributed by atoms with van der Waals surface area (Å²) >= 11 is 0. The predicted octanol–water partition coefficient (Wildman–Crippen LogP) is 5.95. The molecule has 1 fully saturated rings. The second kappa shape index (κ2) is 11.1. The summed E-state index contributed by atoms with van der Waals surface area (Å²) in [5.41, 5.74) is 4.47. The van der Waals surface area contributed by atoms with Gasteiger partial charge in [0.15, 0.2) is 0 Å². The number of carbonyl (C=O) groups excluding carboxylic acids is 1. The number of pyridine rings is 1. The van der Waals surface area contributed by atoms with Crippen molar-refractivity contribution < 1.29 is 9.53 Å². The fourth-order valence-electron chi connectivity index (χ4n) is 4.61. The first-order chi connectivity index (χ1) is 15.7. The van der Waals surface area contributed by atoms with Crippen LogP contribution in [0.4, 0.5) is 0 Å².